The third-order valence-electron chi connectivity index (χ3n) is 4.13. The van der Waals surface area contributed by atoms with Gasteiger partial charge in [0.2, 0.25) is 5.12 Å². The maximum Gasteiger partial charge on any atom is 0.372 e. The standard InChI is InChI=1S/C22H26O3S2/c1-7-25-21(24)27-19-15(3)17(22(4,5)6)13-14(2)18(19)26-20(23)16-11-9-8-10-12-16/h8-13H,7H2,1-6H3. The molecule has 0 saturated heterocycles. The van der Waals surface area contributed by atoms with E-state index in [1.54, 1.807) is 19.1 Å². The van der Waals surface area contributed by atoms with Crippen LogP contribution in [0.15, 0.2) is 46.2 Å². The number of thioether (sulfide) groups is 2. The van der Waals surface area contributed by atoms with E-state index in [0.29, 0.717) is 12.2 Å². The second-order valence-corrected chi connectivity index (χ2v) is 9.24. The molecule has 27 heavy (non-hydrogen) atoms. The highest BCUT2D eigenvalue weighted by Crippen LogP contribution is 2.42. The molecule has 0 spiro atoms. The molecule has 0 radical (unpaired) electrons. The van der Waals surface area contributed by atoms with Crippen molar-refractivity contribution in [2.45, 2.75) is 56.7 Å². The zero-order valence-corrected chi connectivity index (χ0v) is 18.3. The van der Waals surface area contributed by atoms with Crippen LogP contribution in [0, 0.1) is 13.8 Å². The minimum absolute atomic E-state index is 0.0349. The van der Waals surface area contributed by atoms with E-state index in [9.17, 15) is 9.59 Å². The third-order valence-corrected chi connectivity index (χ3v) is 6.41. The van der Waals surface area contributed by atoms with Crippen molar-refractivity contribution < 1.29 is 14.3 Å². The summed E-state index contributed by atoms with van der Waals surface area (Å²) in [5, 5.41) is -0.382. The number of carbonyl (C=O) groups excluding carboxylic acids is 2. The van der Waals surface area contributed by atoms with Crippen molar-refractivity contribution in [2.75, 3.05) is 6.61 Å². The summed E-state index contributed by atoms with van der Waals surface area (Å²) in [6.07, 6.45) is 0. The fraction of sp³-hybridized carbons (Fsp3) is 0.364. The minimum Gasteiger partial charge on any atom is -0.458 e. The van der Waals surface area contributed by atoms with Gasteiger partial charge in [0.15, 0.2) is 0 Å². The highest BCUT2D eigenvalue weighted by Gasteiger charge is 2.25. The minimum atomic E-state index is -0.347. The second kappa shape index (κ2) is 8.98. The predicted molar refractivity (Wildman–Crippen MR) is 114 cm³/mol. The summed E-state index contributed by atoms with van der Waals surface area (Å²) in [5.41, 5.74) is 3.77. The quantitative estimate of drug-likeness (QED) is 0.416. The Balaban J connectivity index is 2.52. The van der Waals surface area contributed by atoms with Gasteiger partial charge in [0.1, 0.15) is 0 Å². The van der Waals surface area contributed by atoms with E-state index in [2.05, 4.69) is 26.8 Å². The Morgan fingerprint density at radius 2 is 1.63 bits per heavy atom. The van der Waals surface area contributed by atoms with E-state index >= 15 is 0 Å². The molecule has 144 valence electrons. The molecule has 0 bridgehead atoms. The average Bonchev–Trinajstić information content (AvgIpc) is 2.60. The van der Waals surface area contributed by atoms with Crippen molar-refractivity contribution in [2.24, 2.45) is 0 Å². The van der Waals surface area contributed by atoms with Crippen molar-refractivity contribution in [3.05, 3.63) is 58.7 Å². The summed E-state index contributed by atoms with van der Waals surface area (Å²) >= 11 is 2.24. The van der Waals surface area contributed by atoms with Crippen LogP contribution in [0.2, 0.25) is 0 Å². The van der Waals surface area contributed by atoms with Crippen molar-refractivity contribution in [1.82, 2.24) is 0 Å². The van der Waals surface area contributed by atoms with E-state index in [4.69, 9.17) is 4.74 Å². The Labute approximate surface area is 170 Å². The molecule has 2 rings (SSSR count). The molecule has 5 heteroatoms. The molecular formula is C22H26O3S2. The van der Waals surface area contributed by atoms with E-state index in [0.717, 1.165) is 32.7 Å². The first kappa shape index (κ1) is 21.6. The van der Waals surface area contributed by atoms with Gasteiger partial charge in [0, 0.05) is 15.4 Å². The van der Waals surface area contributed by atoms with Gasteiger partial charge >= 0.3 is 5.30 Å². The number of aryl methyl sites for hydroxylation is 1. The number of benzene rings is 2. The van der Waals surface area contributed by atoms with Crippen LogP contribution < -0.4 is 0 Å². The first-order valence-electron chi connectivity index (χ1n) is 8.91. The van der Waals surface area contributed by atoms with Gasteiger partial charge in [-0.15, -0.1) is 0 Å². The van der Waals surface area contributed by atoms with Crippen LogP contribution in [0.4, 0.5) is 4.79 Å². The average molecular weight is 403 g/mol. The number of ether oxygens (including phenoxy) is 1. The molecule has 0 atom stereocenters. The summed E-state index contributed by atoms with van der Waals surface area (Å²) in [4.78, 5) is 26.6. The van der Waals surface area contributed by atoms with Crippen molar-refractivity contribution >= 4 is 33.9 Å². The molecule has 0 aliphatic heterocycles. The normalized spacial score (nSPS) is 11.3. The fourth-order valence-electron chi connectivity index (χ4n) is 2.85. The summed E-state index contributed by atoms with van der Waals surface area (Å²) < 4.78 is 5.14. The van der Waals surface area contributed by atoms with Gasteiger partial charge in [-0.1, -0.05) is 57.2 Å². The van der Waals surface area contributed by atoms with Crippen LogP contribution in [0.1, 0.15) is 54.7 Å². The maximum absolute atomic E-state index is 12.8. The van der Waals surface area contributed by atoms with E-state index in [1.807, 2.05) is 32.0 Å². The Bertz CT molecular complexity index is 837. The lowest BCUT2D eigenvalue weighted by molar-refractivity contribution is 0.108. The van der Waals surface area contributed by atoms with Gasteiger partial charge in [-0.25, -0.2) is 4.79 Å². The molecule has 0 amide bonds. The zero-order valence-electron chi connectivity index (χ0n) is 16.7. The molecule has 0 unspecified atom stereocenters. The van der Waals surface area contributed by atoms with Gasteiger partial charge < -0.3 is 4.74 Å². The summed E-state index contributed by atoms with van der Waals surface area (Å²) in [5.74, 6) is 0. The molecule has 2 aromatic carbocycles. The second-order valence-electron chi connectivity index (χ2n) is 7.31. The van der Waals surface area contributed by atoms with Gasteiger partial charge in [-0.05, 0) is 66.4 Å². The predicted octanol–water partition coefficient (Wildman–Crippen LogP) is 6.78. The van der Waals surface area contributed by atoms with Gasteiger partial charge in [-0.2, -0.15) is 0 Å². The number of hydrogen-bond donors (Lipinski definition) is 0. The number of rotatable bonds is 4. The molecular weight excluding hydrogens is 376 g/mol. The van der Waals surface area contributed by atoms with Gasteiger partial charge in [-0.3, -0.25) is 4.79 Å². The molecule has 0 aliphatic carbocycles. The Morgan fingerprint density at radius 3 is 2.19 bits per heavy atom. The summed E-state index contributed by atoms with van der Waals surface area (Å²) in [7, 11) is 0. The van der Waals surface area contributed by atoms with Crippen LogP contribution in [-0.2, 0) is 10.2 Å². The van der Waals surface area contributed by atoms with Gasteiger partial charge in [0.25, 0.3) is 0 Å². The Hall–Kier alpha value is -1.72. The highest BCUT2D eigenvalue weighted by atomic mass is 32.2. The van der Waals surface area contributed by atoms with Crippen molar-refractivity contribution in [3.8, 4) is 0 Å². The topological polar surface area (TPSA) is 43.4 Å². The first-order chi connectivity index (χ1) is 12.6. The molecule has 0 fully saturated rings. The number of carbonyl (C=O) groups is 2. The number of hydrogen-bond acceptors (Lipinski definition) is 5. The van der Waals surface area contributed by atoms with E-state index in [-0.39, 0.29) is 15.8 Å². The van der Waals surface area contributed by atoms with E-state index in [1.165, 1.54) is 17.3 Å². The summed E-state index contributed by atoms with van der Waals surface area (Å²) in [6, 6.07) is 11.3. The van der Waals surface area contributed by atoms with Crippen molar-refractivity contribution in [1.29, 1.82) is 0 Å². The third kappa shape index (κ3) is 5.39. The molecule has 2 aromatic rings. The highest BCUT2D eigenvalue weighted by molar-refractivity contribution is 8.16. The van der Waals surface area contributed by atoms with Crippen LogP contribution in [0.5, 0.6) is 0 Å². The van der Waals surface area contributed by atoms with Crippen LogP contribution in [0.3, 0.4) is 0 Å². The van der Waals surface area contributed by atoms with Crippen LogP contribution in [-0.4, -0.2) is 17.0 Å². The van der Waals surface area contributed by atoms with Crippen molar-refractivity contribution in [3.63, 3.8) is 0 Å². The van der Waals surface area contributed by atoms with Gasteiger partial charge in [0.05, 0.1) is 6.61 Å². The zero-order chi connectivity index (χ0) is 20.2. The first-order valence-corrected chi connectivity index (χ1v) is 10.5. The molecule has 0 aliphatic rings. The largest absolute Gasteiger partial charge is 0.458 e. The molecule has 3 nitrogen and oxygen atoms in total. The smallest absolute Gasteiger partial charge is 0.372 e. The Morgan fingerprint density at radius 1 is 1.00 bits per heavy atom. The molecule has 0 N–H and O–H groups in total. The SMILES string of the molecule is CCOC(=O)Sc1c(C)c(C(C)(C)C)cc(C)c1SC(=O)c1ccccc1. The van der Waals surface area contributed by atoms with E-state index < -0.39 is 0 Å². The fourth-order valence-corrected chi connectivity index (χ4v) is 4.86. The Kier molecular flexibility index (Phi) is 7.18. The van der Waals surface area contributed by atoms with Crippen LogP contribution >= 0.6 is 23.5 Å². The van der Waals surface area contributed by atoms with Crippen LogP contribution in [0.25, 0.3) is 0 Å². The summed E-state index contributed by atoms with van der Waals surface area (Å²) in [6.45, 7) is 12.6. The molecule has 0 aromatic heterocycles. The molecule has 0 saturated carbocycles. The lowest BCUT2D eigenvalue weighted by Gasteiger charge is -2.26. The monoisotopic (exact) mass is 402 g/mol. The lowest BCUT2D eigenvalue weighted by atomic mass is 9.83. The maximum atomic E-state index is 12.8. The molecule has 0 heterocycles. The lowest BCUT2D eigenvalue weighted by Crippen LogP contribution is -2.15.